The third-order valence-corrected chi connectivity index (χ3v) is 4.74. The topological polar surface area (TPSA) is 115 Å². The van der Waals surface area contributed by atoms with Crippen LogP contribution in [-0.4, -0.2) is 32.4 Å². The monoisotopic (exact) mass is 392 g/mol. The number of carbonyl (C=O) groups is 2. The third kappa shape index (κ3) is 3.91. The van der Waals surface area contributed by atoms with E-state index in [1.165, 1.54) is 36.4 Å². The zero-order valence-electron chi connectivity index (χ0n) is 15.9. The number of hydrogen-bond acceptors (Lipinski definition) is 4. The molecular weight excluding hydrogens is 372 g/mol. The van der Waals surface area contributed by atoms with E-state index in [0.717, 1.165) is 5.56 Å². The van der Waals surface area contributed by atoms with Crippen LogP contribution in [-0.2, 0) is 0 Å². The predicted octanol–water partition coefficient (Wildman–Crippen LogP) is 4.95. The molecule has 0 aromatic heterocycles. The summed E-state index contributed by atoms with van der Waals surface area (Å²) in [5, 5.41) is 38.7. The second-order valence-corrected chi connectivity index (χ2v) is 7.03. The van der Waals surface area contributed by atoms with E-state index in [9.17, 15) is 30.0 Å². The van der Waals surface area contributed by atoms with Crippen LogP contribution in [0.4, 0.5) is 0 Å². The molecule has 148 valence electrons. The van der Waals surface area contributed by atoms with E-state index < -0.39 is 11.9 Å². The Bertz CT molecular complexity index is 1110. The molecule has 0 aliphatic carbocycles. The van der Waals surface area contributed by atoms with Gasteiger partial charge in [0.25, 0.3) is 0 Å². The molecule has 0 atom stereocenters. The molecule has 29 heavy (non-hydrogen) atoms. The van der Waals surface area contributed by atoms with Crippen molar-refractivity contribution in [1.29, 1.82) is 0 Å². The normalized spacial score (nSPS) is 10.9. The van der Waals surface area contributed by atoms with Crippen LogP contribution in [0.25, 0.3) is 22.3 Å². The van der Waals surface area contributed by atoms with Gasteiger partial charge in [0.15, 0.2) is 0 Å². The van der Waals surface area contributed by atoms with Crippen molar-refractivity contribution in [1.82, 2.24) is 0 Å². The Kier molecular flexibility index (Phi) is 5.28. The second-order valence-electron chi connectivity index (χ2n) is 7.03. The van der Waals surface area contributed by atoms with Crippen LogP contribution in [0, 0.1) is 0 Å². The number of phenolic OH excluding ortho intramolecular Hbond substituents is 2. The maximum atomic E-state index is 11.7. The van der Waals surface area contributed by atoms with Crippen molar-refractivity contribution in [3.63, 3.8) is 0 Å². The predicted molar refractivity (Wildman–Crippen MR) is 109 cm³/mol. The van der Waals surface area contributed by atoms with Gasteiger partial charge in [0.05, 0.1) is 11.1 Å². The van der Waals surface area contributed by atoms with Crippen LogP contribution in [0.3, 0.4) is 0 Å². The van der Waals surface area contributed by atoms with Crippen molar-refractivity contribution < 1.29 is 30.0 Å². The van der Waals surface area contributed by atoms with Gasteiger partial charge in [0.2, 0.25) is 0 Å². The molecular formula is C23H20O6. The number of aromatic carboxylic acids is 2. The minimum absolute atomic E-state index is 0.0143. The maximum absolute atomic E-state index is 11.7. The SMILES string of the molecule is CC(C)c1cc(-c2cc(O)ccc2C(=O)O)ccc1-c1cc(O)ccc1C(=O)O. The van der Waals surface area contributed by atoms with Crippen molar-refractivity contribution in [3.05, 3.63) is 71.3 Å². The molecule has 6 heteroatoms. The molecule has 0 aliphatic heterocycles. The zero-order chi connectivity index (χ0) is 21.3. The first-order valence-electron chi connectivity index (χ1n) is 8.96. The van der Waals surface area contributed by atoms with Crippen LogP contribution in [0.1, 0.15) is 46.0 Å². The lowest BCUT2D eigenvalue weighted by molar-refractivity contribution is 0.0686. The number of phenols is 2. The Hall–Kier alpha value is -3.80. The highest BCUT2D eigenvalue weighted by molar-refractivity contribution is 5.99. The van der Waals surface area contributed by atoms with Gasteiger partial charge in [0.1, 0.15) is 11.5 Å². The zero-order valence-corrected chi connectivity index (χ0v) is 15.9. The van der Waals surface area contributed by atoms with Crippen molar-refractivity contribution >= 4 is 11.9 Å². The molecule has 0 spiro atoms. The van der Waals surface area contributed by atoms with Gasteiger partial charge in [-0.15, -0.1) is 0 Å². The molecule has 0 unspecified atom stereocenters. The Balaban J connectivity index is 2.27. The highest BCUT2D eigenvalue weighted by Crippen LogP contribution is 2.37. The van der Waals surface area contributed by atoms with Gasteiger partial charge in [-0.05, 0) is 64.6 Å². The van der Waals surface area contributed by atoms with Gasteiger partial charge in [0, 0.05) is 5.56 Å². The van der Waals surface area contributed by atoms with Crippen molar-refractivity contribution in [2.75, 3.05) is 0 Å². The Labute approximate surface area is 167 Å². The summed E-state index contributed by atoms with van der Waals surface area (Å²) in [6.45, 7) is 3.87. The molecule has 6 nitrogen and oxygen atoms in total. The lowest BCUT2D eigenvalue weighted by atomic mass is 9.87. The Morgan fingerprint density at radius 3 is 1.72 bits per heavy atom. The van der Waals surface area contributed by atoms with Gasteiger partial charge in [-0.1, -0.05) is 32.0 Å². The summed E-state index contributed by atoms with van der Waals surface area (Å²) in [4.78, 5) is 23.3. The van der Waals surface area contributed by atoms with Crippen LogP contribution >= 0.6 is 0 Å². The summed E-state index contributed by atoms with van der Waals surface area (Å²) in [7, 11) is 0. The molecule has 0 radical (unpaired) electrons. The number of rotatable bonds is 5. The first-order chi connectivity index (χ1) is 13.7. The number of hydrogen-bond donors (Lipinski definition) is 4. The minimum Gasteiger partial charge on any atom is -0.508 e. The van der Waals surface area contributed by atoms with Crippen molar-refractivity contribution in [3.8, 4) is 33.8 Å². The average Bonchev–Trinajstić information content (AvgIpc) is 2.66. The van der Waals surface area contributed by atoms with Gasteiger partial charge >= 0.3 is 11.9 Å². The average molecular weight is 392 g/mol. The maximum Gasteiger partial charge on any atom is 0.336 e. The quantitative estimate of drug-likeness (QED) is 0.488. The van der Waals surface area contributed by atoms with Crippen LogP contribution in [0.15, 0.2) is 54.6 Å². The first-order valence-corrected chi connectivity index (χ1v) is 8.96. The number of benzene rings is 3. The summed E-state index contributed by atoms with van der Waals surface area (Å²) in [5.41, 5.74) is 2.85. The van der Waals surface area contributed by atoms with Crippen molar-refractivity contribution in [2.24, 2.45) is 0 Å². The summed E-state index contributed by atoms with van der Waals surface area (Å²) >= 11 is 0. The molecule has 3 rings (SSSR count). The summed E-state index contributed by atoms with van der Waals surface area (Å²) in [6.07, 6.45) is 0. The lowest BCUT2D eigenvalue weighted by Gasteiger charge is -2.18. The molecule has 3 aromatic rings. The fraction of sp³-hybridized carbons (Fsp3) is 0.130. The van der Waals surface area contributed by atoms with E-state index in [1.54, 1.807) is 18.2 Å². The molecule has 0 amide bonds. The molecule has 0 fully saturated rings. The van der Waals surface area contributed by atoms with Gasteiger partial charge in [-0.3, -0.25) is 0 Å². The van der Waals surface area contributed by atoms with Gasteiger partial charge in [-0.2, -0.15) is 0 Å². The standard InChI is InChI=1S/C23H20O6/c1-12(2)19-9-13(20-10-14(24)4-7-17(20)22(26)27)3-6-16(19)21-11-15(25)5-8-18(21)23(28)29/h3-12,24-25H,1-2H3,(H,26,27)(H,28,29). The smallest absolute Gasteiger partial charge is 0.336 e. The Morgan fingerprint density at radius 1 is 0.690 bits per heavy atom. The molecule has 0 saturated heterocycles. The fourth-order valence-electron chi connectivity index (χ4n) is 3.35. The Morgan fingerprint density at radius 2 is 1.21 bits per heavy atom. The molecule has 4 N–H and O–H groups in total. The molecule has 3 aromatic carbocycles. The van der Waals surface area contributed by atoms with Crippen LogP contribution < -0.4 is 0 Å². The summed E-state index contributed by atoms with van der Waals surface area (Å²) in [5.74, 6) is -2.35. The molecule has 0 aliphatic rings. The molecule has 0 bridgehead atoms. The first kappa shape index (κ1) is 19.9. The van der Waals surface area contributed by atoms with E-state index in [-0.39, 0.29) is 28.5 Å². The number of carboxylic acids is 2. The van der Waals surface area contributed by atoms with E-state index in [2.05, 4.69) is 0 Å². The highest BCUT2D eigenvalue weighted by atomic mass is 16.4. The van der Waals surface area contributed by atoms with E-state index in [4.69, 9.17) is 0 Å². The third-order valence-electron chi connectivity index (χ3n) is 4.74. The largest absolute Gasteiger partial charge is 0.508 e. The molecule has 0 heterocycles. The lowest BCUT2D eigenvalue weighted by Crippen LogP contribution is -2.03. The van der Waals surface area contributed by atoms with E-state index >= 15 is 0 Å². The van der Waals surface area contributed by atoms with E-state index in [1.807, 2.05) is 13.8 Å². The van der Waals surface area contributed by atoms with Crippen LogP contribution in [0.2, 0.25) is 0 Å². The number of carboxylic acid groups (broad SMARTS) is 2. The molecule has 0 saturated carbocycles. The van der Waals surface area contributed by atoms with E-state index in [0.29, 0.717) is 22.3 Å². The number of aromatic hydroxyl groups is 2. The minimum atomic E-state index is -1.11. The van der Waals surface area contributed by atoms with Crippen molar-refractivity contribution in [2.45, 2.75) is 19.8 Å². The van der Waals surface area contributed by atoms with Gasteiger partial charge in [-0.25, -0.2) is 9.59 Å². The summed E-state index contributed by atoms with van der Waals surface area (Å²) in [6, 6.07) is 13.3. The second kappa shape index (κ2) is 7.67. The van der Waals surface area contributed by atoms with Crippen LogP contribution in [0.5, 0.6) is 11.5 Å². The van der Waals surface area contributed by atoms with Gasteiger partial charge < -0.3 is 20.4 Å². The highest BCUT2D eigenvalue weighted by Gasteiger charge is 2.19. The fourth-order valence-corrected chi connectivity index (χ4v) is 3.35. The summed E-state index contributed by atoms with van der Waals surface area (Å²) < 4.78 is 0.